The summed E-state index contributed by atoms with van der Waals surface area (Å²) in [7, 11) is 0. The van der Waals surface area contributed by atoms with Crippen molar-refractivity contribution in [1.29, 1.82) is 0 Å². The van der Waals surface area contributed by atoms with Crippen LogP contribution < -0.4 is 5.32 Å². The molecule has 0 radical (unpaired) electrons. The predicted molar refractivity (Wildman–Crippen MR) is 91.9 cm³/mol. The van der Waals surface area contributed by atoms with Crippen molar-refractivity contribution in [2.75, 3.05) is 0 Å². The van der Waals surface area contributed by atoms with E-state index in [-0.39, 0.29) is 5.91 Å². The molecule has 3 rings (SSSR count). The molecule has 6 heteroatoms. The van der Waals surface area contributed by atoms with E-state index in [9.17, 15) is 4.79 Å². The number of nitrogens with zero attached hydrogens (tertiary/aromatic N) is 2. The summed E-state index contributed by atoms with van der Waals surface area (Å²) < 4.78 is 0. The summed E-state index contributed by atoms with van der Waals surface area (Å²) in [4.78, 5) is 24.2. The van der Waals surface area contributed by atoms with Crippen LogP contribution in [-0.4, -0.2) is 15.9 Å². The number of aryl methyl sites for hydroxylation is 4. The number of amides is 1. The van der Waals surface area contributed by atoms with Crippen LogP contribution >= 0.6 is 22.7 Å². The van der Waals surface area contributed by atoms with Gasteiger partial charge in [0.25, 0.3) is 5.91 Å². The molecular weight excluding hydrogens is 314 g/mol. The predicted octanol–water partition coefficient (Wildman–Crippen LogP) is 3.92. The molecular formula is C16H17N3OS2. The first-order valence-corrected chi connectivity index (χ1v) is 8.72. The maximum atomic E-state index is 12.5. The number of thiophene rings is 2. The Morgan fingerprint density at radius 2 is 2.00 bits per heavy atom. The molecule has 3 heterocycles. The summed E-state index contributed by atoms with van der Waals surface area (Å²) in [6.07, 6.45) is 0. The Bertz CT molecular complexity index is 864. The molecule has 0 aliphatic carbocycles. The average Bonchev–Trinajstić information content (AvgIpc) is 3.00. The lowest BCUT2D eigenvalue weighted by Gasteiger charge is -2.04. The minimum absolute atomic E-state index is 0.0367. The summed E-state index contributed by atoms with van der Waals surface area (Å²) >= 11 is 3.11. The molecule has 1 N–H and O–H groups in total. The van der Waals surface area contributed by atoms with Crippen LogP contribution in [0.2, 0.25) is 0 Å². The van der Waals surface area contributed by atoms with Gasteiger partial charge in [0.05, 0.1) is 11.4 Å². The van der Waals surface area contributed by atoms with Crippen molar-refractivity contribution in [2.24, 2.45) is 0 Å². The second-order valence-electron chi connectivity index (χ2n) is 5.30. The normalized spacial score (nSPS) is 11.1. The molecule has 114 valence electrons. The number of carbonyl (C=O) groups is 1. The zero-order chi connectivity index (χ0) is 15.9. The molecule has 0 spiro atoms. The van der Waals surface area contributed by atoms with Crippen molar-refractivity contribution in [3.05, 3.63) is 43.8 Å². The first kappa shape index (κ1) is 15.1. The van der Waals surface area contributed by atoms with Crippen molar-refractivity contribution in [3.8, 4) is 0 Å². The maximum absolute atomic E-state index is 12.5. The van der Waals surface area contributed by atoms with Crippen LogP contribution in [0.3, 0.4) is 0 Å². The number of rotatable bonds is 3. The van der Waals surface area contributed by atoms with Gasteiger partial charge >= 0.3 is 0 Å². The van der Waals surface area contributed by atoms with E-state index in [1.54, 1.807) is 11.3 Å². The fourth-order valence-electron chi connectivity index (χ4n) is 2.52. The standard InChI is InChI=1S/C16H17N3OS2/c1-8-5-6-21-12(8)7-17-15(20)14-9(2)13-10(3)18-11(4)19-16(13)22-14/h5-6H,7H2,1-4H3,(H,17,20). The van der Waals surface area contributed by atoms with Gasteiger partial charge in [-0.2, -0.15) is 0 Å². The highest BCUT2D eigenvalue weighted by molar-refractivity contribution is 7.20. The third-order valence-corrected chi connectivity index (χ3v) is 5.87. The molecule has 1 amide bonds. The monoisotopic (exact) mass is 331 g/mol. The number of fused-ring (bicyclic) bond motifs is 1. The van der Waals surface area contributed by atoms with Crippen LogP contribution in [0.4, 0.5) is 0 Å². The van der Waals surface area contributed by atoms with Gasteiger partial charge in [0.15, 0.2) is 0 Å². The van der Waals surface area contributed by atoms with E-state index in [1.165, 1.54) is 21.8 Å². The zero-order valence-corrected chi connectivity index (χ0v) is 14.6. The molecule has 0 aliphatic rings. The lowest BCUT2D eigenvalue weighted by molar-refractivity contribution is 0.0955. The van der Waals surface area contributed by atoms with Gasteiger partial charge in [-0.25, -0.2) is 9.97 Å². The van der Waals surface area contributed by atoms with E-state index in [0.29, 0.717) is 6.54 Å². The van der Waals surface area contributed by atoms with E-state index in [2.05, 4.69) is 28.3 Å². The van der Waals surface area contributed by atoms with Gasteiger partial charge in [-0.05, 0) is 50.3 Å². The van der Waals surface area contributed by atoms with Crippen LogP contribution in [0.25, 0.3) is 10.2 Å². The highest BCUT2D eigenvalue weighted by atomic mass is 32.1. The molecule has 0 aliphatic heterocycles. The summed E-state index contributed by atoms with van der Waals surface area (Å²) in [5.41, 5.74) is 3.12. The van der Waals surface area contributed by atoms with Gasteiger partial charge in [-0.3, -0.25) is 4.79 Å². The molecule has 0 fully saturated rings. The number of aromatic nitrogens is 2. The van der Waals surface area contributed by atoms with Gasteiger partial charge in [0, 0.05) is 16.0 Å². The Labute approximate surface area is 137 Å². The molecule has 0 atom stereocenters. The highest BCUT2D eigenvalue weighted by Crippen LogP contribution is 2.31. The van der Waals surface area contributed by atoms with Crippen LogP contribution in [0.1, 0.15) is 37.2 Å². The molecule has 0 aromatic carbocycles. The third-order valence-electron chi connectivity index (χ3n) is 3.67. The van der Waals surface area contributed by atoms with Gasteiger partial charge in [-0.1, -0.05) is 0 Å². The zero-order valence-electron chi connectivity index (χ0n) is 13.0. The topological polar surface area (TPSA) is 54.9 Å². The third kappa shape index (κ3) is 2.64. The Balaban J connectivity index is 1.89. The lowest BCUT2D eigenvalue weighted by Crippen LogP contribution is -2.22. The lowest BCUT2D eigenvalue weighted by atomic mass is 10.1. The molecule has 0 saturated carbocycles. The number of hydrogen-bond donors (Lipinski definition) is 1. The Hall–Kier alpha value is -1.79. The quantitative estimate of drug-likeness (QED) is 0.791. The van der Waals surface area contributed by atoms with Crippen molar-refractivity contribution >= 4 is 38.8 Å². The number of nitrogens with one attached hydrogen (secondary N) is 1. The second-order valence-corrected chi connectivity index (χ2v) is 7.30. The van der Waals surface area contributed by atoms with Crippen molar-refractivity contribution in [1.82, 2.24) is 15.3 Å². The van der Waals surface area contributed by atoms with Crippen LogP contribution in [0, 0.1) is 27.7 Å². The minimum atomic E-state index is -0.0367. The summed E-state index contributed by atoms with van der Waals surface area (Å²) in [6.45, 7) is 8.44. The van der Waals surface area contributed by atoms with Crippen LogP contribution in [-0.2, 0) is 6.54 Å². The second kappa shape index (κ2) is 5.78. The molecule has 3 aromatic heterocycles. The van der Waals surface area contributed by atoms with E-state index in [1.807, 2.05) is 26.2 Å². The van der Waals surface area contributed by atoms with Crippen LogP contribution in [0.5, 0.6) is 0 Å². The molecule has 0 saturated heterocycles. The Morgan fingerprint density at radius 3 is 2.68 bits per heavy atom. The van der Waals surface area contributed by atoms with Crippen molar-refractivity contribution in [3.63, 3.8) is 0 Å². The molecule has 4 nitrogen and oxygen atoms in total. The van der Waals surface area contributed by atoms with Crippen LogP contribution in [0.15, 0.2) is 11.4 Å². The number of carbonyl (C=O) groups excluding carboxylic acids is 1. The highest BCUT2D eigenvalue weighted by Gasteiger charge is 2.18. The minimum Gasteiger partial charge on any atom is -0.346 e. The summed E-state index contributed by atoms with van der Waals surface area (Å²) in [6, 6.07) is 2.07. The first-order valence-electron chi connectivity index (χ1n) is 7.03. The fourth-order valence-corrected chi connectivity index (χ4v) is 4.56. The molecule has 22 heavy (non-hydrogen) atoms. The average molecular weight is 331 g/mol. The van der Waals surface area contributed by atoms with Gasteiger partial charge in [-0.15, -0.1) is 22.7 Å². The smallest absolute Gasteiger partial charge is 0.262 e. The molecule has 3 aromatic rings. The maximum Gasteiger partial charge on any atom is 0.262 e. The van der Waals surface area contributed by atoms with E-state index in [4.69, 9.17) is 0 Å². The summed E-state index contributed by atoms with van der Waals surface area (Å²) in [5.74, 6) is 0.706. The van der Waals surface area contributed by atoms with E-state index < -0.39 is 0 Å². The Morgan fingerprint density at radius 1 is 1.23 bits per heavy atom. The fraction of sp³-hybridized carbons (Fsp3) is 0.312. The SMILES string of the molecule is Cc1nc(C)c2c(C)c(C(=O)NCc3sccc3C)sc2n1. The molecule has 0 unspecified atom stereocenters. The first-order chi connectivity index (χ1) is 10.5. The largest absolute Gasteiger partial charge is 0.346 e. The van der Waals surface area contributed by atoms with Gasteiger partial charge in [0.2, 0.25) is 0 Å². The van der Waals surface area contributed by atoms with Gasteiger partial charge < -0.3 is 5.32 Å². The van der Waals surface area contributed by atoms with Gasteiger partial charge in [0.1, 0.15) is 10.7 Å². The van der Waals surface area contributed by atoms with E-state index in [0.717, 1.165) is 32.2 Å². The summed E-state index contributed by atoms with van der Waals surface area (Å²) in [5, 5.41) is 6.06. The van der Waals surface area contributed by atoms with E-state index >= 15 is 0 Å². The molecule has 0 bridgehead atoms. The van der Waals surface area contributed by atoms with Crippen molar-refractivity contribution in [2.45, 2.75) is 34.2 Å². The van der Waals surface area contributed by atoms with Crippen molar-refractivity contribution < 1.29 is 4.79 Å². The number of hydrogen-bond acceptors (Lipinski definition) is 5. The Kier molecular flexibility index (Phi) is 3.97.